The lowest BCUT2D eigenvalue weighted by molar-refractivity contribution is 0.0202. The standard InChI is InChI=1S/C33H37ClFN7O5/c1-16(2)24-27(25(17(3)4)37-15-36-24)42-30-22-28(23(34)26(38-30)21-19(35)9-8-10-20(21)43)46-14-18-13-40(32(45)47-33(5,6)7)11-12-41(18)29(22)39-31(42)44/h8-10,15-18,43H,11-14H2,1-7H3/t18-/m1/s1. The molecule has 1 saturated heterocycles. The summed E-state index contributed by atoms with van der Waals surface area (Å²) in [7, 11) is 0. The number of hydrogen-bond acceptors (Lipinski definition) is 10. The Morgan fingerprint density at radius 3 is 2.40 bits per heavy atom. The number of phenolic OH excluding ortho intramolecular Hbond substituents is 1. The van der Waals surface area contributed by atoms with E-state index in [0.29, 0.717) is 35.6 Å². The number of pyridine rings is 1. The van der Waals surface area contributed by atoms with Gasteiger partial charge in [-0.15, -0.1) is 0 Å². The van der Waals surface area contributed by atoms with Gasteiger partial charge < -0.3 is 24.4 Å². The summed E-state index contributed by atoms with van der Waals surface area (Å²) < 4.78 is 28.7. The quantitative estimate of drug-likeness (QED) is 0.285. The first-order valence-electron chi connectivity index (χ1n) is 15.5. The van der Waals surface area contributed by atoms with E-state index in [2.05, 4.69) is 15.0 Å². The number of anilines is 1. The maximum absolute atomic E-state index is 15.4. The van der Waals surface area contributed by atoms with Crippen LogP contribution in [-0.4, -0.2) is 78.5 Å². The fraction of sp³-hybridized carbons (Fsp3) is 0.455. The van der Waals surface area contributed by atoms with E-state index in [1.54, 1.807) is 25.7 Å². The Kier molecular flexibility index (Phi) is 8.23. The predicted octanol–water partition coefficient (Wildman–Crippen LogP) is 5.80. The van der Waals surface area contributed by atoms with Gasteiger partial charge >= 0.3 is 11.8 Å². The first kappa shape index (κ1) is 32.4. The Bertz CT molecular complexity index is 1910. The second-order valence-corrected chi connectivity index (χ2v) is 13.8. The molecular formula is C33H37ClFN7O5. The zero-order valence-electron chi connectivity index (χ0n) is 27.3. The van der Waals surface area contributed by atoms with Crippen molar-refractivity contribution in [1.29, 1.82) is 0 Å². The molecule has 4 aromatic rings. The van der Waals surface area contributed by atoms with Gasteiger partial charge in [-0.05, 0) is 44.7 Å². The van der Waals surface area contributed by atoms with Crippen molar-refractivity contribution in [2.45, 2.75) is 71.9 Å². The Labute approximate surface area is 276 Å². The van der Waals surface area contributed by atoms with Crippen molar-refractivity contribution in [2.24, 2.45) is 0 Å². The molecule has 47 heavy (non-hydrogen) atoms. The molecule has 0 saturated carbocycles. The van der Waals surface area contributed by atoms with Crippen LogP contribution < -0.4 is 15.3 Å². The monoisotopic (exact) mass is 665 g/mol. The van der Waals surface area contributed by atoms with Crippen LogP contribution in [0, 0.1) is 5.82 Å². The molecule has 5 heterocycles. The molecule has 0 aliphatic carbocycles. The van der Waals surface area contributed by atoms with E-state index < -0.39 is 29.2 Å². The summed E-state index contributed by atoms with van der Waals surface area (Å²) in [5.74, 6) is -0.991. The minimum atomic E-state index is -0.762. The van der Waals surface area contributed by atoms with Gasteiger partial charge in [0, 0.05) is 19.6 Å². The summed E-state index contributed by atoms with van der Waals surface area (Å²) in [6.07, 6.45) is 1.00. The van der Waals surface area contributed by atoms with Crippen LogP contribution in [0.3, 0.4) is 0 Å². The molecule has 0 spiro atoms. The topological polar surface area (TPSA) is 136 Å². The van der Waals surface area contributed by atoms with E-state index >= 15 is 4.39 Å². The summed E-state index contributed by atoms with van der Waals surface area (Å²) >= 11 is 6.99. The molecule has 0 radical (unpaired) electrons. The van der Waals surface area contributed by atoms with Crippen molar-refractivity contribution in [2.75, 3.05) is 31.1 Å². The summed E-state index contributed by atoms with van der Waals surface area (Å²) in [6.45, 7) is 14.1. The maximum atomic E-state index is 15.4. The van der Waals surface area contributed by atoms with Gasteiger partial charge in [0.2, 0.25) is 0 Å². The van der Waals surface area contributed by atoms with Gasteiger partial charge in [0.25, 0.3) is 0 Å². The number of piperazine rings is 1. The fourth-order valence-corrected chi connectivity index (χ4v) is 6.35. The second kappa shape index (κ2) is 11.9. The number of nitrogens with zero attached hydrogens (tertiary/aromatic N) is 7. The van der Waals surface area contributed by atoms with Gasteiger partial charge in [-0.1, -0.05) is 45.4 Å². The first-order valence-corrected chi connectivity index (χ1v) is 15.9. The van der Waals surface area contributed by atoms with Gasteiger partial charge in [-0.2, -0.15) is 4.98 Å². The number of fused-ring (bicyclic) bond motifs is 2. The van der Waals surface area contributed by atoms with Crippen molar-refractivity contribution in [1.82, 2.24) is 29.4 Å². The zero-order chi connectivity index (χ0) is 33.9. The number of carbonyl (C=O) groups is 1. The van der Waals surface area contributed by atoms with Crippen LogP contribution in [0.4, 0.5) is 15.0 Å². The Morgan fingerprint density at radius 1 is 1.11 bits per heavy atom. The normalized spacial score (nSPS) is 16.4. The molecule has 0 bridgehead atoms. The summed E-state index contributed by atoms with van der Waals surface area (Å²) in [4.78, 5) is 49.3. The average molecular weight is 666 g/mol. The van der Waals surface area contributed by atoms with Crippen LogP contribution in [0.15, 0.2) is 29.3 Å². The van der Waals surface area contributed by atoms with Crippen molar-refractivity contribution in [3.8, 4) is 28.4 Å². The van der Waals surface area contributed by atoms with E-state index in [0.717, 1.165) is 0 Å². The van der Waals surface area contributed by atoms with Crippen molar-refractivity contribution in [3.63, 3.8) is 0 Å². The molecular weight excluding hydrogens is 629 g/mol. The van der Waals surface area contributed by atoms with Crippen LogP contribution >= 0.6 is 11.6 Å². The number of ether oxygens (including phenoxy) is 2. The molecule has 1 fully saturated rings. The smallest absolute Gasteiger partial charge is 0.410 e. The zero-order valence-corrected chi connectivity index (χ0v) is 28.1. The average Bonchev–Trinajstić information content (AvgIpc) is 3.15. The highest BCUT2D eigenvalue weighted by Gasteiger charge is 2.39. The predicted molar refractivity (Wildman–Crippen MR) is 175 cm³/mol. The lowest BCUT2D eigenvalue weighted by Crippen LogP contribution is -2.57. The number of benzene rings is 1. The van der Waals surface area contributed by atoms with Gasteiger partial charge in [-0.3, -0.25) is 0 Å². The second-order valence-electron chi connectivity index (χ2n) is 13.4. The highest BCUT2D eigenvalue weighted by molar-refractivity contribution is 6.36. The molecule has 14 heteroatoms. The minimum Gasteiger partial charge on any atom is -0.507 e. The number of hydrogen-bond donors (Lipinski definition) is 1. The van der Waals surface area contributed by atoms with E-state index in [1.165, 1.54) is 29.1 Å². The lowest BCUT2D eigenvalue weighted by atomic mass is 10.0. The summed E-state index contributed by atoms with van der Waals surface area (Å²) in [5, 5.41) is 11.1. The third-order valence-electron chi connectivity index (χ3n) is 8.16. The SMILES string of the molecule is CC(C)c1ncnc(C(C)C)c1-n1c(=O)nc2c3c(c(Cl)c(-c4c(O)cccc4F)nc31)OC[C@H]1CN(C(=O)OC(C)(C)C)CCN21. The van der Waals surface area contributed by atoms with Crippen molar-refractivity contribution >= 4 is 34.5 Å². The van der Waals surface area contributed by atoms with Crippen LogP contribution in [0.2, 0.25) is 5.02 Å². The molecule has 1 aromatic carbocycles. The maximum Gasteiger partial charge on any atom is 0.410 e. The van der Waals surface area contributed by atoms with Crippen LogP contribution in [0.25, 0.3) is 28.0 Å². The molecule has 1 N–H and O–H groups in total. The summed E-state index contributed by atoms with van der Waals surface area (Å²) in [5.41, 5.74) is -0.00374. The highest BCUT2D eigenvalue weighted by atomic mass is 35.5. The summed E-state index contributed by atoms with van der Waals surface area (Å²) in [6, 6.07) is 3.44. The van der Waals surface area contributed by atoms with Crippen LogP contribution in [-0.2, 0) is 4.74 Å². The van der Waals surface area contributed by atoms with Crippen LogP contribution in [0.5, 0.6) is 11.5 Å². The van der Waals surface area contributed by atoms with Gasteiger partial charge in [0.05, 0.1) is 28.7 Å². The fourth-order valence-electron chi connectivity index (χ4n) is 6.07. The Hall–Kier alpha value is -4.52. The molecule has 0 unspecified atom stereocenters. The molecule has 2 aliphatic heterocycles. The number of phenols is 1. The van der Waals surface area contributed by atoms with E-state index in [4.69, 9.17) is 26.1 Å². The number of aromatic hydroxyl groups is 1. The Morgan fingerprint density at radius 2 is 1.79 bits per heavy atom. The third-order valence-corrected chi connectivity index (χ3v) is 8.51. The molecule has 12 nitrogen and oxygen atoms in total. The van der Waals surface area contributed by atoms with E-state index in [1.807, 2.05) is 32.6 Å². The number of amides is 1. The highest BCUT2D eigenvalue weighted by Crippen LogP contribution is 2.47. The molecule has 1 amide bonds. The first-order chi connectivity index (χ1) is 22.2. The van der Waals surface area contributed by atoms with Crippen molar-refractivity contribution < 1.29 is 23.8 Å². The third kappa shape index (κ3) is 5.70. The van der Waals surface area contributed by atoms with Crippen LogP contribution in [0.1, 0.15) is 71.7 Å². The molecule has 1 atom stereocenters. The van der Waals surface area contributed by atoms with Crippen molar-refractivity contribution in [3.05, 3.63) is 57.2 Å². The van der Waals surface area contributed by atoms with Gasteiger partial charge in [0.1, 0.15) is 52.0 Å². The Balaban J connectivity index is 1.65. The molecule has 248 valence electrons. The minimum absolute atomic E-state index is 0.0499. The number of aromatic nitrogens is 5. The van der Waals surface area contributed by atoms with Gasteiger partial charge in [-0.25, -0.2) is 33.5 Å². The lowest BCUT2D eigenvalue weighted by Gasteiger charge is -2.41. The molecule has 3 aromatic heterocycles. The largest absolute Gasteiger partial charge is 0.507 e. The molecule has 2 aliphatic rings. The number of rotatable bonds is 4. The number of halogens is 2. The van der Waals surface area contributed by atoms with Gasteiger partial charge in [0.15, 0.2) is 11.4 Å². The van der Waals surface area contributed by atoms with E-state index in [-0.39, 0.29) is 64.2 Å². The number of carbonyl (C=O) groups excluding carboxylic acids is 1. The molecule has 6 rings (SSSR count). The van der Waals surface area contributed by atoms with E-state index in [9.17, 15) is 14.7 Å².